The Morgan fingerprint density at radius 3 is 3.00 bits per heavy atom. The molecule has 0 aromatic rings. The highest BCUT2D eigenvalue weighted by Crippen LogP contribution is 2.19. The predicted octanol–water partition coefficient (Wildman–Crippen LogP) is 0.571. The molecular weight excluding hydrogens is 264 g/mol. The van der Waals surface area contributed by atoms with E-state index in [4.69, 9.17) is 9.47 Å². The molecule has 20 heavy (non-hydrogen) atoms. The van der Waals surface area contributed by atoms with Gasteiger partial charge in [0.2, 0.25) is 0 Å². The summed E-state index contributed by atoms with van der Waals surface area (Å²) in [4.78, 5) is 14.6. The first kappa shape index (κ1) is 15.0. The quantitative estimate of drug-likeness (QED) is 0.524. The number of rotatable bonds is 6. The molecule has 2 fully saturated rings. The fourth-order valence-electron chi connectivity index (χ4n) is 2.69. The van der Waals surface area contributed by atoms with Crippen LogP contribution in [0.1, 0.15) is 20.3 Å². The highest BCUT2D eigenvalue weighted by molar-refractivity contribution is 5.81. The van der Waals surface area contributed by atoms with Crippen LogP contribution < -0.4 is 0 Å². The van der Waals surface area contributed by atoms with E-state index in [0.717, 1.165) is 32.7 Å². The van der Waals surface area contributed by atoms with E-state index in [2.05, 4.69) is 5.10 Å². The Morgan fingerprint density at radius 1 is 1.60 bits per heavy atom. The van der Waals surface area contributed by atoms with Crippen LogP contribution in [0.15, 0.2) is 5.10 Å². The van der Waals surface area contributed by atoms with Crippen LogP contribution in [-0.2, 0) is 9.47 Å². The minimum Gasteiger partial charge on any atom is -0.381 e. The number of nitro groups is 1. The summed E-state index contributed by atoms with van der Waals surface area (Å²) in [6.07, 6.45) is 0.798. The number of hydrogen-bond acceptors (Lipinski definition) is 4. The largest absolute Gasteiger partial charge is 0.381 e. The molecule has 0 spiro atoms. The van der Waals surface area contributed by atoms with Gasteiger partial charge in [-0.3, -0.25) is 0 Å². The van der Waals surface area contributed by atoms with Gasteiger partial charge in [0.15, 0.2) is 5.03 Å². The summed E-state index contributed by atoms with van der Waals surface area (Å²) >= 11 is 0. The normalized spacial score (nSPS) is 26.5. The van der Waals surface area contributed by atoms with E-state index in [1.54, 1.807) is 0 Å². The van der Waals surface area contributed by atoms with Crippen molar-refractivity contribution in [2.45, 2.75) is 26.5 Å². The maximum atomic E-state index is 10.8. The van der Waals surface area contributed by atoms with Crippen LogP contribution >= 0.6 is 0 Å². The molecule has 0 amide bonds. The van der Waals surface area contributed by atoms with Crippen molar-refractivity contribution in [3.63, 3.8) is 0 Å². The van der Waals surface area contributed by atoms with Crippen molar-refractivity contribution in [3.05, 3.63) is 10.1 Å². The van der Waals surface area contributed by atoms with Crippen LogP contribution in [0, 0.1) is 16.0 Å². The van der Waals surface area contributed by atoms with E-state index >= 15 is 0 Å². The highest BCUT2D eigenvalue weighted by atomic mass is 16.7. The maximum absolute atomic E-state index is 10.8. The average molecular weight is 286 g/mol. The van der Waals surface area contributed by atoms with E-state index < -0.39 is 5.03 Å². The molecule has 8 nitrogen and oxygen atoms in total. The van der Waals surface area contributed by atoms with Gasteiger partial charge in [-0.05, 0) is 20.3 Å². The summed E-state index contributed by atoms with van der Waals surface area (Å²) in [5.41, 5.74) is 0. The zero-order valence-corrected chi connectivity index (χ0v) is 12.0. The molecule has 0 N–H and O–H groups in total. The maximum Gasteiger partial charge on any atom is 0.276 e. The fraction of sp³-hybridized carbons (Fsp3) is 0.917. The van der Waals surface area contributed by atoms with E-state index in [1.807, 2.05) is 23.6 Å². The third-order valence-electron chi connectivity index (χ3n) is 3.67. The van der Waals surface area contributed by atoms with Crippen molar-refractivity contribution in [1.82, 2.24) is 9.80 Å². The first-order valence-electron chi connectivity index (χ1n) is 7.05. The van der Waals surface area contributed by atoms with Crippen molar-refractivity contribution < 1.29 is 14.5 Å². The minimum absolute atomic E-state index is 0.205. The Balaban J connectivity index is 2.05. The minimum atomic E-state index is -0.634. The first-order valence-corrected chi connectivity index (χ1v) is 7.05. The van der Waals surface area contributed by atoms with Crippen LogP contribution in [0.4, 0.5) is 0 Å². The molecule has 114 valence electrons. The Kier molecular flexibility index (Phi) is 5.13. The van der Waals surface area contributed by atoms with Gasteiger partial charge in [-0.15, -0.1) is 0 Å². The van der Waals surface area contributed by atoms with Gasteiger partial charge in [0.1, 0.15) is 11.3 Å². The van der Waals surface area contributed by atoms with Gasteiger partial charge in [0.05, 0.1) is 6.61 Å². The zero-order chi connectivity index (χ0) is 14.5. The third kappa shape index (κ3) is 3.57. The Morgan fingerprint density at radius 2 is 2.40 bits per heavy atom. The van der Waals surface area contributed by atoms with Gasteiger partial charge in [-0.2, -0.15) is 0 Å². The molecule has 0 aromatic carbocycles. The highest BCUT2D eigenvalue weighted by Gasteiger charge is 2.34. The number of ether oxygens (including phenoxy) is 2. The van der Waals surface area contributed by atoms with Crippen LogP contribution in [0.25, 0.3) is 0 Å². The SMILES string of the molecule is CCOC(C)N1CCN(CC2CCOC2)C1=N[N+](=O)[O-]. The predicted molar refractivity (Wildman–Crippen MR) is 72.7 cm³/mol. The molecule has 2 heterocycles. The lowest BCUT2D eigenvalue weighted by molar-refractivity contribution is -0.486. The summed E-state index contributed by atoms with van der Waals surface area (Å²) in [5, 5.41) is 13.7. The number of hydrazone groups is 1. The van der Waals surface area contributed by atoms with E-state index in [0.29, 0.717) is 25.0 Å². The molecule has 2 aliphatic rings. The van der Waals surface area contributed by atoms with Gasteiger partial charge in [-0.25, -0.2) is 10.1 Å². The summed E-state index contributed by atoms with van der Waals surface area (Å²) in [7, 11) is 0. The molecule has 0 aliphatic carbocycles. The molecule has 2 rings (SSSR count). The molecule has 2 atom stereocenters. The second-order valence-corrected chi connectivity index (χ2v) is 5.06. The second-order valence-electron chi connectivity index (χ2n) is 5.06. The standard InChI is InChI=1S/C12H22N4O4/c1-3-20-10(2)15-6-5-14(12(15)13-16(17)18)8-11-4-7-19-9-11/h10-11H,3-9H2,1-2H3. The smallest absolute Gasteiger partial charge is 0.276 e. The Bertz CT molecular complexity index is 370. The van der Waals surface area contributed by atoms with Gasteiger partial charge in [0, 0.05) is 38.8 Å². The Hall–Kier alpha value is -1.41. The van der Waals surface area contributed by atoms with E-state index in [-0.39, 0.29) is 6.23 Å². The second kappa shape index (κ2) is 6.85. The van der Waals surface area contributed by atoms with Gasteiger partial charge in [-0.1, -0.05) is 0 Å². The van der Waals surface area contributed by atoms with Crippen molar-refractivity contribution in [1.29, 1.82) is 0 Å². The monoisotopic (exact) mass is 286 g/mol. The molecule has 0 saturated carbocycles. The van der Waals surface area contributed by atoms with Crippen molar-refractivity contribution in [2.24, 2.45) is 11.0 Å². The van der Waals surface area contributed by atoms with Crippen molar-refractivity contribution >= 4 is 5.96 Å². The lowest BCUT2D eigenvalue weighted by atomic mass is 10.1. The summed E-state index contributed by atoms with van der Waals surface area (Å²) in [6.45, 7) is 8.05. The number of hydrogen-bond donors (Lipinski definition) is 0. The lowest BCUT2D eigenvalue weighted by Crippen LogP contribution is -2.42. The lowest BCUT2D eigenvalue weighted by Gasteiger charge is -2.26. The summed E-state index contributed by atoms with van der Waals surface area (Å²) in [5.74, 6) is 0.831. The third-order valence-corrected chi connectivity index (χ3v) is 3.67. The summed E-state index contributed by atoms with van der Waals surface area (Å²) < 4.78 is 10.9. The average Bonchev–Trinajstić information content (AvgIpc) is 3.01. The van der Waals surface area contributed by atoms with E-state index in [1.165, 1.54) is 0 Å². The van der Waals surface area contributed by atoms with Gasteiger partial charge >= 0.3 is 0 Å². The van der Waals surface area contributed by atoms with Crippen LogP contribution in [0.2, 0.25) is 0 Å². The van der Waals surface area contributed by atoms with Crippen LogP contribution in [0.5, 0.6) is 0 Å². The fourth-order valence-corrected chi connectivity index (χ4v) is 2.69. The molecule has 2 saturated heterocycles. The molecule has 0 aromatic heterocycles. The first-order chi connectivity index (χ1) is 9.61. The van der Waals surface area contributed by atoms with E-state index in [9.17, 15) is 10.1 Å². The Labute approximate surface area is 118 Å². The van der Waals surface area contributed by atoms with Crippen LogP contribution in [0.3, 0.4) is 0 Å². The molecule has 8 heteroatoms. The molecule has 2 unspecified atom stereocenters. The zero-order valence-electron chi connectivity index (χ0n) is 12.0. The van der Waals surface area contributed by atoms with Gasteiger partial charge in [0.25, 0.3) is 5.96 Å². The number of guanidine groups is 1. The van der Waals surface area contributed by atoms with Crippen molar-refractivity contribution in [2.75, 3.05) is 39.5 Å². The molecular formula is C12H22N4O4. The molecule has 0 radical (unpaired) electrons. The molecule has 0 bridgehead atoms. The van der Waals surface area contributed by atoms with Gasteiger partial charge < -0.3 is 19.3 Å². The van der Waals surface area contributed by atoms with Crippen LogP contribution in [-0.4, -0.2) is 66.5 Å². The van der Waals surface area contributed by atoms with Crippen molar-refractivity contribution in [3.8, 4) is 0 Å². The summed E-state index contributed by atoms with van der Waals surface area (Å²) in [6, 6.07) is 0. The molecule has 2 aliphatic heterocycles. The topological polar surface area (TPSA) is 80.4 Å². The number of nitrogens with zero attached hydrogens (tertiary/aromatic N) is 4.